The maximum atomic E-state index is 14.8. The number of hydrogen-bond acceptors (Lipinski definition) is 10. The zero-order valence-corrected chi connectivity index (χ0v) is 20.1. The summed E-state index contributed by atoms with van der Waals surface area (Å²) >= 11 is 0. The van der Waals surface area contributed by atoms with Crippen LogP contribution in [0.3, 0.4) is 0 Å². The molecule has 0 bridgehead atoms. The Morgan fingerprint density at radius 1 is 1.28 bits per heavy atom. The quantitative estimate of drug-likeness (QED) is 0.335. The summed E-state index contributed by atoms with van der Waals surface area (Å²) in [5, 5.41) is 12.7. The molecular formula is C21H25F2N4O8P. The third-order valence-electron chi connectivity index (χ3n) is 5.53. The number of hydrogen-bond donors (Lipinski definition) is 3. The molecule has 5 atom stereocenters. The van der Waals surface area contributed by atoms with E-state index in [1.54, 1.807) is 32.0 Å². The summed E-state index contributed by atoms with van der Waals surface area (Å²) in [7, 11) is -4.40. The summed E-state index contributed by atoms with van der Waals surface area (Å²) in [6.45, 7) is 2.48. The monoisotopic (exact) mass is 530 g/mol. The number of anilines is 1. The van der Waals surface area contributed by atoms with Crippen LogP contribution in [0.25, 0.3) is 0 Å². The fourth-order valence-electron chi connectivity index (χ4n) is 3.84. The van der Waals surface area contributed by atoms with E-state index in [0.717, 1.165) is 12.3 Å². The van der Waals surface area contributed by atoms with Crippen LogP contribution in [0.15, 0.2) is 47.4 Å². The van der Waals surface area contributed by atoms with Crippen molar-refractivity contribution in [2.24, 2.45) is 0 Å². The average molecular weight is 530 g/mol. The highest BCUT2D eigenvalue weighted by Gasteiger charge is 2.60. The SMILES string of the molecule is CC1(C)CC(NP(=O)(OC[C@H]2O[C@@H](n3ccc(N)nc3=O)C(F)(F)C2O)Oc2ccccc2)C(=O)O1. The van der Waals surface area contributed by atoms with Crippen LogP contribution in [0.5, 0.6) is 5.75 Å². The normalized spacial score (nSPS) is 28.4. The number of rotatable bonds is 8. The van der Waals surface area contributed by atoms with Gasteiger partial charge in [0.2, 0.25) is 6.23 Å². The van der Waals surface area contributed by atoms with Crippen molar-refractivity contribution in [3.05, 3.63) is 53.1 Å². The molecule has 2 aromatic rings. The number of aliphatic hydroxyl groups excluding tert-OH is 1. The van der Waals surface area contributed by atoms with E-state index < -0.39 is 62.0 Å². The number of esters is 1. The van der Waals surface area contributed by atoms with E-state index >= 15 is 0 Å². The summed E-state index contributed by atoms with van der Waals surface area (Å²) in [5.41, 5.74) is 3.44. The van der Waals surface area contributed by atoms with Crippen molar-refractivity contribution in [3.8, 4) is 5.75 Å². The maximum Gasteiger partial charge on any atom is 0.459 e. The van der Waals surface area contributed by atoms with Gasteiger partial charge in [-0.3, -0.25) is 13.9 Å². The number of para-hydroxylation sites is 1. The van der Waals surface area contributed by atoms with E-state index in [1.807, 2.05) is 0 Å². The van der Waals surface area contributed by atoms with Crippen molar-refractivity contribution in [2.45, 2.75) is 56.3 Å². The van der Waals surface area contributed by atoms with Gasteiger partial charge in [0.1, 0.15) is 29.3 Å². The fraction of sp³-hybridized carbons (Fsp3) is 0.476. The third kappa shape index (κ3) is 5.42. The number of benzene rings is 1. The molecule has 196 valence electrons. The maximum absolute atomic E-state index is 14.8. The van der Waals surface area contributed by atoms with Crippen molar-refractivity contribution >= 4 is 19.5 Å². The van der Waals surface area contributed by atoms with Gasteiger partial charge in [0.25, 0.3) is 0 Å². The Morgan fingerprint density at radius 2 is 1.97 bits per heavy atom. The molecule has 0 aliphatic carbocycles. The number of alkyl halides is 2. The first-order valence-corrected chi connectivity index (χ1v) is 12.4. The lowest BCUT2D eigenvalue weighted by Crippen LogP contribution is -2.42. The summed E-state index contributed by atoms with van der Waals surface area (Å²) < 4.78 is 65.0. The summed E-state index contributed by atoms with van der Waals surface area (Å²) in [6, 6.07) is 7.87. The molecule has 3 heterocycles. The van der Waals surface area contributed by atoms with Gasteiger partial charge in [0.15, 0.2) is 6.10 Å². The standard InChI is InChI=1S/C21H25F2N4O8P/c1-20(2)10-13(17(29)34-20)26-36(31,35-12-6-4-3-5-7-12)32-11-14-16(28)21(22,23)18(33-14)27-9-8-15(24)25-19(27)30/h3-9,13-14,16,18,28H,10-11H2,1-2H3,(H,26,31)(H2,24,25,30)/t13?,14-,16?,18-,36?/m1/s1. The minimum absolute atomic E-state index is 0.106. The number of carbonyl (C=O) groups excluding carboxylic acids is 1. The van der Waals surface area contributed by atoms with Crippen LogP contribution >= 0.6 is 7.75 Å². The minimum Gasteiger partial charge on any atom is -0.458 e. The molecule has 1 aromatic carbocycles. The van der Waals surface area contributed by atoms with Crippen molar-refractivity contribution < 1.29 is 41.8 Å². The molecule has 2 saturated heterocycles. The molecule has 1 aromatic heterocycles. The number of aromatic nitrogens is 2. The number of aliphatic hydroxyl groups is 1. The van der Waals surface area contributed by atoms with Gasteiger partial charge in [-0.25, -0.2) is 9.36 Å². The summed E-state index contributed by atoms with van der Waals surface area (Å²) in [4.78, 5) is 27.7. The Labute approximate surface area is 203 Å². The number of halogens is 2. The molecule has 36 heavy (non-hydrogen) atoms. The Balaban J connectivity index is 1.54. The highest BCUT2D eigenvalue weighted by Crippen LogP contribution is 2.49. The molecule has 0 radical (unpaired) electrons. The Morgan fingerprint density at radius 3 is 2.58 bits per heavy atom. The van der Waals surface area contributed by atoms with E-state index in [1.165, 1.54) is 12.1 Å². The zero-order valence-electron chi connectivity index (χ0n) is 19.2. The van der Waals surface area contributed by atoms with E-state index in [2.05, 4.69) is 10.1 Å². The van der Waals surface area contributed by atoms with Gasteiger partial charge < -0.3 is 24.8 Å². The van der Waals surface area contributed by atoms with Crippen LogP contribution < -0.4 is 21.0 Å². The predicted octanol–water partition coefficient (Wildman–Crippen LogP) is 1.61. The molecule has 4 N–H and O–H groups in total. The first-order chi connectivity index (χ1) is 16.8. The van der Waals surface area contributed by atoms with E-state index in [0.29, 0.717) is 4.57 Å². The molecular weight excluding hydrogens is 505 g/mol. The van der Waals surface area contributed by atoms with Crippen LogP contribution in [0.4, 0.5) is 14.6 Å². The summed E-state index contributed by atoms with van der Waals surface area (Å²) in [5.74, 6) is -4.71. The predicted molar refractivity (Wildman–Crippen MR) is 120 cm³/mol. The summed E-state index contributed by atoms with van der Waals surface area (Å²) in [6.07, 6.45) is -5.30. The molecule has 15 heteroatoms. The lowest BCUT2D eigenvalue weighted by Gasteiger charge is -2.24. The van der Waals surface area contributed by atoms with Gasteiger partial charge in [0, 0.05) is 12.6 Å². The lowest BCUT2D eigenvalue weighted by atomic mass is 10.0. The first kappa shape index (κ1) is 26.2. The van der Waals surface area contributed by atoms with E-state index in [9.17, 15) is 28.0 Å². The minimum atomic E-state index is -4.40. The second-order valence-electron chi connectivity index (χ2n) is 8.95. The molecule has 0 saturated carbocycles. The molecule has 2 fully saturated rings. The first-order valence-electron chi connectivity index (χ1n) is 10.9. The second-order valence-corrected chi connectivity index (χ2v) is 10.6. The fourth-order valence-corrected chi connectivity index (χ4v) is 5.34. The zero-order chi connectivity index (χ0) is 26.3. The van der Waals surface area contributed by atoms with E-state index in [-0.39, 0.29) is 18.0 Å². The van der Waals surface area contributed by atoms with E-state index in [4.69, 9.17) is 24.3 Å². The van der Waals surface area contributed by atoms with Crippen molar-refractivity contribution in [1.29, 1.82) is 0 Å². The van der Waals surface area contributed by atoms with Crippen LogP contribution in [0.2, 0.25) is 0 Å². The number of nitrogens with two attached hydrogens (primary N) is 1. The Hall–Kier alpha value is -2.90. The van der Waals surface area contributed by atoms with Gasteiger partial charge in [-0.1, -0.05) is 18.2 Å². The molecule has 0 spiro atoms. The Kier molecular flexibility index (Phi) is 6.92. The van der Waals surface area contributed by atoms with Crippen molar-refractivity contribution in [3.63, 3.8) is 0 Å². The number of cyclic esters (lactones) is 1. The number of carbonyl (C=O) groups is 1. The highest BCUT2D eigenvalue weighted by molar-refractivity contribution is 7.52. The second kappa shape index (κ2) is 9.52. The van der Waals surface area contributed by atoms with Gasteiger partial charge in [-0.05, 0) is 32.0 Å². The van der Waals surface area contributed by atoms with Gasteiger partial charge in [0.05, 0.1) is 6.61 Å². The average Bonchev–Trinajstić information content (AvgIpc) is 3.17. The number of nitrogens with zero attached hydrogens (tertiary/aromatic N) is 2. The van der Waals surface area contributed by atoms with Gasteiger partial charge >= 0.3 is 25.3 Å². The smallest absolute Gasteiger partial charge is 0.458 e. The van der Waals surface area contributed by atoms with Gasteiger partial charge in [-0.2, -0.15) is 18.9 Å². The number of nitrogens with one attached hydrogen (secondary N) is 1. The van der Waals surface area contributed by atoms with Crippen LogP contribution in [0, 0.1) is 0 Å². The largest absolute Gasteiger partial charge is 0.459 e. The molecule has 4 rings (SSSR count). The lowest BCUT2D eigenvalue weighted by molar-refractivity contribution is -0.147. The highest BCUT2D eigenvalue weighted by atomic mass is 31.2. The van der Waals surface area contributed by atoms with Gasteiger partial charge in [-0.15, -0.1) is 0 Å². The molecule has 3 unspecified atom stereocenters. The Bertz CT molecular complexity index is 1230. The third-order valence-corrected chi connectivity index (χ3v) is 7.10. The van der Waals surface area contributed by atoms with Crippen LogP contribution in [0.1, 0.15) is 26.5 Å². The number of ether oxygens (including phenoxy) is 2. The molecule has 2 aliphatic heterocycles. The molecule has 12 nitrogen and oxygen atoms in total. The van der Waals surface area contributed by atoms with Crippen LogP contribution in [-0.4, -0.2) is 57.0 Å². The molecule has 0 amide bonds. The van der Waals surface area contributed by atoms with Crippen molar-refractivity contribution in [2.75, 3.05) is 12.3 Å². The number of nitrogen functional groups attached to an aromatic ring is 1. The van der Waals surface area contributed by atoms with Crippen molar-refractivity contribution in [1.82, 2.24) is 14.6 Å². The molecule has 2 aliphatic rings. The van der Waals surface area contributed by atoms with Crippen LogP contribution in [-0.2, 0) is 23.4 Å². The topological polar surface area (TPSA) is 164 Å².